The second-order valence-electron chi connectivity index (χ2n) is 2.77. The molecule has 7 nitrogen and oxygen atoms in total. The molecule has 0 spiro atoms. The third-order valence-corrected chi connectivity index (χ3v) is 2.91. The normalized spacial score (nSPS) is 9.71. The number of amides is 1. The number of nitrogens with zero attached hydrogens (tertiary/aromatic N) is 4. The van der Waals surface area contributed by atoms with E-state index in [0.717, 1.165) is 6.92 Å². The molecule has 0 N–H and O–H groups in total. The van der Waals surface area contributed by atoms with Crippen LogP contribution in [0, 0.1) is 0 Å². The molecule has 1 aromatic rings. The van der Waals surface area contributed by atoms with Crippen molar-refractivity contribution in [1.29, 1.82) is 0 Å². The van der Waals surface area contributed by atoms with Crippen LogP contribution in [0.15, 0.2) is 34.3 Å². The maximum Gasteiger partial charge on any atom is 1.00 e. The molecule has 0 saturated heterocycles. The van der Waals surface area contributed by atoms with Gasteiger partial charge in [-0.25, -0.2) is 8.42 Å². The van der Waals surface area contributed by atoms with E-state index in [1.807, 2.05) is 0 Å². The first-order valence-corrected chi connectivity index (χ1v) is 5.53. The second kappa shape index (κ2) is 6.63. The molecule has 0 atom stereocenters. The van der Waals surface area contributed by atoms with Crippen LogP contribution in [0.1, 0.15) is 6.92 Å². The maximum absolute atomic E-state index is 11.4. The summed E-state index contributed by atoms with van der Waals surface area (Å²) in [4.78, 5) is 13.0. The van der Waals surface area contributed by atoms with Crippen LogP contribution >= 0.6 is 0 Å². The van der Waals surface area contributed by atoms with E-state index in [2.05, 4.69) is 14.7 Å². The van der Waals surface area contributed by atoms with Crippen molar-refractivity contribution in [3.05, 3.63) is 39.4 Å². The van der Waals surface area contributed by atoms with E-state index in [-0.39, 0.29) is 40.1 Å². The molecule has 0 aliphatic heterocycles. The number of carbonyl (C=O) groups is 1. The largest absolute Gasteiger partial charge is 1.00 e. The van der Waals surface area contributed by atoms with Crippen molar-refractivity contribution < 1.29 is 42.8 Å². The van der Waals surface area contributed by atoms with E-state index in [1.165, 1.54) is 24.3 Å². The van der Waals surface area contributed by atoms with Crippen LogP contribution in [0.4, 0.5) is 5.69 Å². The van der Waals surface area contributed by atoms with Crippen molar-refractivity contribution in [2.75, 3.05) is 0 Å². The van der Waals surface area contributed by atoms with Gasteiger partial charge in [0.15, 0.2) is 0 Å². The zero-order valence-electron chi connectivity index (χ0n) is 9.23. The number of hydrogen-bond donors (Lipinski definition) is 0. The van der Waals surface area contributed by atoms with Crippen molar-refractivity contribution in [2.24, 2.45) is 5.11 Å². The molecule has 17 heavy (non-hydrogen) atoms. The minimum absolute atomic E-state index is 0. The molecule has 0 saturated carbocycles. The Labute approximate surface area is 120 Å². The van der Waals surface area contributed by atoms with Gasteiger partial charge >= 0.3 is 29.6 Å². The number of sulfonamides is 1. The SMILES string of the molecule is CC(=O)[N-]S(=O)(=O)c1ccc(N=[N+]=[N-])cc1.[Na+]. The summed E-state index contributed by atoms with van der Waals surface area (Å²) < 4.78 is 25.8. The fourth-order valence-corrected chi connectivity index (χ4v) is 1.88. The van der Waals surface area contributed by atoms with Gasteiger partial charge in [0, 0.05) is 10.6 Å². The molecule has 0 aromatic heterocycles. The number of carbonyl (C=O) groups excluding carboxylic acids is 1. The molecule has 0 bridgehead atoms. The van der Waals surface area contributed by atoms with E-state index in [9.17, 15) is 13.2 Å². The Morgan fingerprint density at radius 3 is 2.29 bits per heavy atom. The Bertz CT molecular complexity index is 549. The fourth-order valence-electron chi connectivity index (χ4n) is 0.958. The van der Waals surface area contributed by atoms with E-state index >= 15 is 0 Å². The molecule has 1 aromatic carbocycles. The van der Waals surface area contributed by atoms with Crippen molar-refractivity contribution in [3.63, 3.8) is 0 Å². The molecule has 0 fully saturated rings. The third kappa shape index (κ3) is 4.76. The fraction of sp³-hybridized carbons (Fsp3) is 0.125. The van der Waals surface area contributed by atoms with Crippen molar-refractivity contribution in [2.45, 2.75) is 11.8 Å². The third-order valence-electron chi connectivity index (χ3n) is 1.54. The summed E-state index contributed by atoms with van der Waals surface area (Å²) in [6.45, 7) is 1.05. The van der Waals surface area contributed by atoms with Gasteiger partial charge in [-0.05, 0) is 24.6 Å². The average Bonchev–Trinajstić information content (AvgIpc) is 2.17. The molecular formula is C8H7N4NaO3S. The van der Waals surface area contributed by atoms with Crippen molar-refractivity contribution >= 4 is 21.6 Å². The van der Waals surface area contributed by atoms with Gasteiger partial charge in [0.05, 0.1) is 10.8 Å². The first kappa shape index (κ1) is 16.0. The molecular weight excluding hydrogens is 255 g/mol. The Morgan fingerprint density at radius 2 is 1.88 bits per heavy atom. The predicted octanol–water partition coefficient (Wildman–Crippen LogP) is -0.759. The van der Waals surface area contributed by atoms with E-state index in [4.69, 9.17) is 5.53 Å². The monoisotopic (exact) mass is 262 g/mol. The Hall–Kier alpha value is -1.05. The average molecular weight is 262 g/mol. The quantitative estimate of drug-likeness (QED) is 0.308. The summed E-state index contributed by atoms with van der Waals surface area (Å²) in [5, 5.41) is 3.28. The number of rotatable bonds is 3. The summed E-state index contributed by atoms with van der Waals surface area (Å²) in [6.07, 6.45) is 0. The molecule has 9 heteroatoms. The Kier molecular flexibility index (Phi) is 6.22. The summed E-state index contributed by atoms with van der Waals surface area (Å²) in [5.74, 6) is -0.792. The molecule has 84 valence electrons. The van der Waals surface area contributed by atoms with Gasteiger partial charge in [0.2, 0.25) is 0 Å². The topological polar surface area (TPSA) is 114 Å². The van der Waals surface area contributed by atoms with Crippen molar-refractivity contribution in [3.8, 4) is 0 Å². The summed E-state index contributed by atoms with van der Waals surface area (Å²) in [6, 6.07) is 5.07. The number of hydrogen-bond acceptors (Lipinski definition) is 4. The van der Waals surface area contributed by atoms with Crippen LogP contribution < -0.4 is 29.6 Å². The molecule has 0 aliphatic carbocycles. The second-order valence-corrected chi connectivity index (χ2v) is 4.37. The van der Waals surface area contributed by atoms with Gasteiger partial charge < -0.3 is 9.52 Å². The van der Waals surface area contributed by atoms with Gasteiger partial charge in [-0.2, -0.15) is 0 Å². The standard InChI is InChI=1S/C8H8N4O3S.Na/c1-6(13)11-16(14,15)8-4-2-7(3-5-8)10-12-9;/h2-5H,1H3,(H,11,13);/q;+1/p-1. The van der Waals surface area contributed by atoms with Crippen LogP contribution in [0.3, 0.4) is 0 Å². The molecule has 0 radical (unpaired) electrons. The van der Waals surface area contributed by atoms with E-state index < -0.39 is 15.9 Å². The van der Waals surface area contributed by atoms with Crippen LogP contribution in [0.25, 0.3) is 15.2 Å². The van der Waals surface area contributed by atoms with Gasteiger partial charge in [-0.15, -0.1) is 0 Å². The van der Waals surface area contributed by atoms with Crippen molar-refractivity contribution in [1.82, 2.24) is 0 Å². The Balaban J connectivity index is 0.00000256. The van der Waals surface area contributed by atoms with Gasteiger partial charge in [0.25, 0.3) is 0 Å². The molecule has 0 heterocycles. The zero-order valence-corrected chi connectivity index (χ0v) is 12.0. The molecule has 0 unspecified atom stereocenters. The first-order chi connectivity index (χ1) is 7.45. The van der Waals surface area contributed by atoms with Gasteiger partial charge in [-0.1, -0.05) is 17.2 Å². The molecule has 1 amide bonds. The van der Waals surface area contributed by atoms with Crippen LogP contribution in [0.2, 0.25) is 0 Å². The summed E-state index contributed by atoms with van der Waals surface area (Å²) in [5.41, 5.74) is 8.43. The molecule has 1 rings (SSSR count). The molecule has 0 aliphatic rings. The van der Waals surface area contributed by atoms with Crippen LogP contribution in [-0.2, 0) is 14.8 Å². The van der Waals surface area contributed by atoms with E-state index in [1.54, 1.807) is 0 Å². The maximum atomic E-state index is 11.4. The summed E-state index contributed by atoms with van der Waals surface area (Å²) >= 11 is 0. The van der Waals surface area contributed by atoms with Gasteiger partial charge in [0.1, 0.15) is 10.0 Å². The number of benzene rings is 1. The zero-order chi connectivity index (χ0) is 12.2. The van der Waals surface area contributed by atoms with Crippen LogP contribution in [-0.4, -0.2) is 14.3 Å². The Morgan fingerprint density at radius 1 is 1.35 bits per heavy atom. The van der Waals surface area contributed by atoms with Gasteiger partial charge in [-0.3, -0.25) is 0 Å². The van der Waals surface area contributed by atoms with E-state index in [0.29, 0.717) is 0 Å². The number of azide groups is 1. The minimum atomic E-state index is -3.95. The van der Waals surface area contributed by atoms with Crippen LogP contribution in [0.5, 0.6) is 0 Å². The smallest absolute Gasteiger partial charge is 0.542 e. The first-order valence-electron chi connectivity index (χ1n) is 4.09. The minimum Gasteiger partial charge on any atom is -0.542 e. The summed E-state index contributed by atoms with van der Waals surface area (Å²) in [7, 11) is -3.95. The predicted molar refractivity (Wildman–Crippen MR) is 56.5 cm³/mol.